The second kappa shape index (κ2) is 8.43. The van der Waals surface area contributed by atoms with E-state index in [4.69, 9.17) is 4.74 Å². The number of nitrogens with one attached hydrogen (secondary N) is 1. The van der Waals surface area contributed by atoms with Gasteiger partial charge >= 0.3 is 0 Å². The zero-order valence-electron chi connectivity index (χ0n) is 13.0. The first-order valence-corrected chi connectivity index (χ1v) is 8.14. The van der Waals surface area contributed by atoms with Gasteiger partial charge in [-0.05, 0) is 49.4 Å². The molecule has 0 aliphatic heterocycles. The topological polar surface area (TPSA) is 21.3 Å². The van der Waals surface area contributed by atoms with Crippen molar-refractivity contribution in [3.05, 3.63) is 35.4 Å². The maximum Gasteiger partial charge on any atom is 0.0720 e. The molecule has 1 saturated carbocycles. The van der Waals surface area contributed by atoms with E-state index >= 15 is 0 Å². The Balaban J connectivity index is 1.66. The fourth-order valence-corrected chi connectivity index (χ4v) is 2.69. The second-order valence-electron chi connectivity index (χ2n) is 6.38. The van der Waals surface area contributed by atoms with E-state index in [-0.39, 0.29) is 0 Å². The van der Waals surface area contributed by atoms with Gasteiger partial charge in [0.15, 0.2) is 0 Å². The quantitative estimate of drug-likeness (QED) is 0.726. The molecule has 0 bridgehead atoms. The van der Waals surface area contributed by atoms with Gasteiger partial charge < -0.3 is 10.1 Å². The molecule has 0 spiro atoms. The first kappa shape index (κ1) is 15.5. The van der Waals surface area contributed by atoms with Crippen molar-refractivity contribution in [2.24, 2.45) is 5.92 Å². The van der Waals surface area contributed by atoms with Crippen molar-refractivity contribution >= 4 is 0 Å². The fraction of sp³-hybridized carbons (Fsp3) is 0.667. The van der Waals surface area contributed by atoms with E-state index in [9.17, 15) is 0 Å². The lowest BCUT2D eigenvalue weighted by atomic mass is 10.1. The SMILES string of the molecule is CC(C)CNCCc1ccc(COC2CCCC2)cc1. The monoisotopic (exact) mass is 275 g/mol. The van der Waals surface area contributed by atoms with Crippen molar-refractivity contribution in [3.63, 3.8) is 0 Å². The normalized spacial score (nSPS) is 16.1. The summed E-state index contributed by atoms with van der Waals surface area (Å²) in [5.74, 6) is 0.727. The minimum Gasteiger partial charge on any atom is -0.374 e. The van der Waals surface area contributed by atoms with Crippen LogP contribution in [0.4, 0.5) is 0 Å². The summed E-state index contributed by atoms with van der Waals surface area (Å²) in [6.07, 6.45) is 6.80. The highest BCUT2D eigenvalue weighted by Gasteiger charge is 2.14. The van der Waals surface area contributed by atoms with Gasteiger partial charge in [-0.25, -0.2) is 0 Å². The molecule has 2 nitrogen and oxygen atoms in total. The van der Waals surface area contributed by atoms with Crippen molar-refractivity contribution < 1.29 is 4.74 Å². The molecule has 0 amide bonds. The number of rotatable bonds is 8. The Labute approximate surface area is 123 Å². The number of hydrogen-bond acceptors (Lipinski definition) is 2. The molecule has 2 heteroatoms. The van der Waals surface area contributed by atoms with Crippen LogP contribution in [0.25, 0.3) is 0 Å². The van der Waals surface area contributed by atoms with Gasteiger partial charge in [0.25, 0.3) is 0 Å². The Hall–Kier alpha value is -0.860. The summed E-state index contributed by atoms with van der Waals surface area (Å²) >= 11 is 0. The molecule has 0 saturated heterocycles. The predicted octanol–water partition coefficient (Wildman–Crippen LogP) is 3.93. The molecular formula is C18H29NO. The lowest BCUT2D eigenvalue weighted by Gasteiger charge is -2.11. The Kier molecular flexibility index (Phi) is 6.55. The average molecular weight is 275 g/mol. The third-order valence-electron chi connectivity index (χ3n) is 3.95. The first-order valence-electron chi connectivity index (χ1n) is 8.14. The predicted molar refractivity (Wildman–Crippen MR) is 84.9 cm³/mol. The van der Waals surface area contributed by atoms with Crippen LogP contribution in [0.1, 0.15) is 50.7 Å². The fourth-order valence-electron chi connectivity index (χ4n) is 2.69. The standard InChI is InChI=1S/C18H29NO/c1-15(2)13-19-12-11-16-7-9-17(10-8-16)14-20-18-5-3-4-6-18/h7-10,15,18-19H,3-6,11-14H2,1-2H3. The molecular weight excluding hydrogens is 246 g/mol. The van der Waals surface area contributed by atoms with Crippen molar-refractivity contribution in [2.75, 3.05) is 13.1 Å². The van der Waals surface area contributed by atoms with E-state index in [1.54, 1.807) is 0 Å². The van der Waals surface area contributed by atoms with Crippen LogP contribution >= 0.6 is 0 Å². The first-order chi connectivity index (χ1) is 9.74. The van der Waals surface area contributed by atoms with Crippen molar-refractivity contribution in [1.82, 2.24) is 5.32 Å². The zero-order valence-corrected chi connectivity index (χ0v) is 13.0. The van der Waals surface area contributed by atoms with E-state index < -0.39 is 0 Å². The summed E-state index contributed by atoms with van der Waals surface area (Å²) < 4.78 is 5.94. The second-order valence-corrected chi connectivity index (χ2v) is 6.38. The lowest BCUT2D eigenvalue weighted by molar-refractivity contribution is 0.0457. The molecule has 0 heterocycles. The molecule has 1 aliphatic carbocycles. The Morgan fingerprint density at radius 1 is 1.10 bits per heavy atom. The summed E-state index contributed by atoms with van der Waals surface area (Å²) in [6, 6.07) is 8.91. The molecule has 1 N–H and O–H groups in total. The molecule has 1 aromatic carbocycles. The maximum atomic E-state index is 5.94. The number of ether oxygens (including phenoxy) is 1. The molecule has 0 radical (unpaired) electrons. The van der Waals surface area contributed by atoms with Crippen LogP contribution in [-0.2, 0) is 17.8 Å². The minimum absolute atomic E-state index is 0.509. The van der Waals surface area contributed by atoms with Crippen molar-refractivity contribution in [2.45, 2.75) is 58.7 Å². The van der Waals surface area contributed by atoms with E-state index in [1.807, 2.05) is 0 Å². The Morgan fingerprint density at radius 2 is 1.75 bits per heavy atom. The molecule has 0 unspecified atom stereocenters. The largest absolute Gasteiger partial charge is 0.374 e. The van der Waals surface area contributed by atoms with Crippen LogP contribution in [-0.4, -0.2) is 19.2 Å². The molecule has 2 rings (SSSR count). The van der Waals surface area contributed by atoms with Crippen LogP contribution in [0.5, 0.6) is 0 Å². The molecule has 112 valence electrons. The van der Waals surface area contributed by atoms with Crippen LogP contribution < -0.4 is 5.32 Å². The highest BCUT2D eigenvalue weighted by Crippen LogP contribution is 2.22. The highest BCUT2D eigenvalue weighted by molar-refractivity contribution is 5.22. The minimum atomic E-state index is 0.509. The molecule has 0 aromatic heterocycles. The van der Waals surface area contributed by atoms with E-state index in [0.29, 0.717) is 6.10 Å². The van der Waals surface area contributed by atoms with Crippen LogP contribution in [0.2, 0.25) is 0 Å². The number of benzene rings is 1. The third kappa shape index (κ3) is 5.64. The molecule has 1 fully saturated rings. The van der Waals surface area contributed by atoms with E-state index in [1.165, 1.54) is 36.8 Å². The van der Waals surface area contributed by atoms with Crippen molar-refractivity contribution in [1.29, 1.82) is 0 Å². The van der Waals surface area contributed by atoms with Gasteiger partial charge in [0.05, 0.1) is 12.7 Å². The lowest BCUT2D eigenvalue weighted by Crippen LogP contribution is -2.22. The maximum absolute atomic E-state index is 5.94. The van der Waals surface area contributed by atoms with Gasteiger partial charge in [-0.2, -0.15) is 0 Å². The molecule has 1 aliphatic rings. The van der Waals surface area contributed by atoms with Gasteiger partial charge in [-0.1, -0.05) is 51.0 Å². The third-order valence-corrected chi connectivity index (χ3v) is 3.95. The average Bonchev–Trinajstić information content (AvgIpc) is 2.96. The Morgan fingerprint density at radius 3 is 2.40 bits per heavy atom. The van der Waals surface area contributed by atoms with Gasteiger partial charge in [0.1, 0.15) is 0 Å². The van der Waals surface area contributed by atoms with Gasteiger partial charge in [0.2, 0.25) is 0 Å². The summed E-state index contributed by atoms with van der Waals surface area (Å²) in [7, 11) is 0. The summed E-state index contributed by atoms with van der Waals surface area (Å²) in [4.78, 5) is 0. The summed E-state index contributed by atoms with van der Waals surface area (Å²) in [6.45, 7) is 7.43. The van der Waals surface area contributed by atoms with Gasteiger partial charge in [0, 0.05) is 0 Å². The highest BCUT2D eigenvalue weighted by atomic mass is 16.5. The smallest absolute Gasteiger partial charge is 0.0720 e. The van der Waals surface area contributed by atoms with E-state index in [0.717, 1.165) is 32.0 Å². The van der Waals surface area contributed by atoms with Crippen LogP contribution in [0.15, 0.2) is 24.3 Å². The van der Waals surface area contributed by atoms with Gasteiger partial charge in [-0.15, -0.1) is 0 Å². The molecule has 20 heavy (non-hydrogen) atoms. The van der Waals surface area contributed by atoms with Crippen LogP contribution in [0.3, 0.4) is 0 Å². The number of hydrogen-bond donors (Lipinski definition) is 1. The summed E-state index contributed by atoms with van der Waals surface area (Å²) in [5, 5.41) is 3.49. The molecule has 0 atom stereocenters. The summed E-state index contributed by atoms with van der Waals surface area (Å²) in [5.41, 5.74) is 2.71. The van der Waals surface area contributed by atoms with Crippen LogP contribution in [0, 0.1) is 5.92 Å². The van der Waals surface area contributed by atoms with Crippen molar-refractivity contribution in [3.8, 4) is 0 Å². The van der Waals surface area contributed by atoms with E-state index in [2.05, 4.69) is 43.4 Å². The Bertz CT molecular complexity index is 366. The zero-order chi connectivity index (χ0) is 14.2. The molecule has 1 aromatic rings. The van der Waals surface area contributed by atoms with Gasteiger partial charge in [-0.3, -0.25) is 0 Å².